The number of amides is 1. The van der Waals surface area contributed by atoms with Gasteiger partial charge in [0.25, 0.3) is 5.91 Å². The zero-order valence-corrected chi connectivity index (χ0v) is 16.3. The van der Waals surface area contributed by atoms with Crippen molar-refractivity contribution in [2.75, 3.05) is 6.61 Å². The molecule has 2 aromatic carbocycles. The fraction of sp³-hybridized carbons (Fsp3) is 0.300. The Morgan fingerprint density at radius 3 is 2.46 bits per heavy atom. The predicted octanol–water partition coefficient (Wildman–Crippen LogP) is 5.43. The Morgan fingerprint density at radius 2 is 1.85 bits per heavy atom. The molecule has 2 aromatic rings. The van der Waals surface area contributed by atoms with Gasteiger partial charge in [0, 0.05) is 5.56 Å². The lowest BCUT2D eigenvalue weighted by Crippen LogP contribution is -2.24. The third kappa shape index (κ3) is 6.04. The molecule has 138 valence electrons. The molecule has 0 aromatic heterocycles. The van der Waals surface area contributed by atoms with Gasteiger partial charge in [0.1, 0.15) is 5.75 Å². The van der Waals surface area contributed by atoms with Gasteiger partial charge in [-0.2, -0.15) is 5.10 Å². The summed E-state index contributed by atoms with van der Waals surface area (Å²) in [6, 6.07) is 13.0. The van der Waals surface area contributed by atoms with Crippen LogP contribution in [0.3, 0.4) is 0 Å². The predicted molar refractivity (Wildman–Crippen MR) is 107 cm³/mol. The summed E-state index contributed by atoms with van der Waals surface area (Å²) in [5.74, 6) is 0.793. The van der Waals surface area contributed by atoms with Gasteiger partial charge in [0.2, 0.25) is 0 Å². The van der Waals surface area contributed by atoms with Gasteiger partial charge in [-0.15, -0.1) is 0 Å². The monoisotopic (exact) mass is 392 g/mol. The molecule has 0 aliphatic heterocycles. The topological polar surface area (TPSA) is 50.7 Å². The molecule has 0 saturated carbocycles. The third-order valence-corrected chi connectivity index (χ3v) is 4.58. The van der Waals surface area contributed by atoms with Crippen molar-refractivity contribution in [1.29, 1.82) is 0 Å². The largest absolute Gasteiger partial charge is 0.484 e. The van der Waals surface area contributed by atoms with E-state index in [2.05, 4.69) is 24.4 Å². The zero-order chi connectivity index (χ0) is 18.9. The standard InChI is InChI=1S/C20H22Cl2N2O2/c1-3-5-14(2)15-8-10-16(11-9-15)26-13-20(25)24-23-12-17-18(21)6-4-7-19(17)22/h4,6-12,14H,3,5,13H2,1-2H3,(H,24,25)/b23-12+. The lowest BCUT2D eigenvalue weighted by atomic mass is 9.97. The molecule has 6 heteroatoms. The van der Waals surface area contributed by atoms with E-state index >= 15 is 0 Å². The average molecular weight is 393 g/mol. The van der Waals surface area contributed by atoms with E-state index in [1.807, 2.05) is 24.3 Å². The van der Waals surface area contributed by atoms with Gasteiger partial charge in [-0.05, 0) is 42.2 Å². The number of hydrazone groups is 1. The Bertz CT molecular complexity index is 741. The minimum absolute atomic E-state index is 0.128. The van der Waals surface area contributed by atoms with E-state index in [1.165, 1.54) is 11.8 Å². The molecule has 0 fully saturated rings. The fourth-order valence-corrected chi connectivity index (χ4v) is 2.97. The van der Waals surface area contributed by atoms with E-state index in [9.17, 15) is 4.79 Å². The van der Waals surface area contributed by atoms with Gasteiger partial charge in [-0.25, -0.2) is 5.43 Å². The van der Waals surface area contributed by atoms with Gasteiger partial charge >= 0.3 is 0 Å². The zero-order valence-electron chi connectivity index (χ0n) is 14.8. The summed E-state index contributed by atoms with van der Waals surface area (Å²) in [5, 5.41) is 4.78. The molecule has 0 saturated heterocycles. The number of hydrogen-bond acceptors (Lipinski definition) is 3. The van der Waals surface area contributed by atoms with Crippen LogP contribution in [-0.4, -0.2) is 18.7 Å². The molecule has 0 spiro atoms. The van der Waals surface area contributed by atoms with Crippen molar-refractivity contribution in [3.63, 3.8) is 0 Å². The number of carbonyl (C=O) groups is 1. The maximum atomic E-state index is 11.8. The minimum atomic E-state index is -0.368. The van der Waals surface area contributed by atoms with Gasteiger partial charge in [-0.3, -0.25) is 4.79 Å². The Labute approximate surface area is 164 Å². The van der Waals surface area contributed by atoms with E-state index < -0.39 is 0 Å². The van der Waals surface area contributed by atoms with Crippen LogP contribution < -0.4 is 10.2 Å². The van der Waals surface area contributed by atoms with Crippen molar-refractivity contribution in [2.45, 2.75) is 32.6 Å². The summed E-state index contributed by atoms with van der Waals surface area (Å²) in [6.07, 6.45) is 3.71. The molecule has 0 aliphatic carbocycles. The SMILES string of the molecule is CCCC(C)c1ccc(OCC(=O)N/N=C/c2c(Cl)cccc2Cl)cc1. The summed E-state index contributed by atoms with van der Waals surface area (Å²) in [7, 11) is 0. The highest BCUT2D eigenvalue weighted by molar-refractivity contribution is 6.38. The van der Waals surface area contributed by atoms with Crippen LogP contribution in [0.4, 0.5) is 0 Å². The molecular weight excluding hydrogens is 371 g/mol. The number of nitrogens with one attached hydrogen (secondary N) is 1. The van der Waals surface area contributed by atoms with Crippen molar-refractivity contribution in [1.82, 2.24) is 5.43 Å². The number of halogens is 2. The molecule has 1 unspecified atom stereocenters. The van der Waals surface area contributed by atoms with Gasteiger partial charge < -0.3 is 4.74 Å². The molecule has 1 atom stereocenters. The number of carbonyl (C=O) groups excluding carboxylic acids is 1. The van der Waals surface area contributed by atoms with E-state index in [0.717, 1.165) is 12.8 Å². The van der Waals surface area contributed by atoms with Crippen LogP contribution in [0.2, 0.25) is 10.0 Å². The summed E-state index contributed by atoms with van der Waals surface area (Å²) >= 11 is 12.1. The molecule has 2 rings (SSSR count). The molecule has 0 aliphatic rings. The van der Waals surface area contributed by atoms with Crippen LogP contribution in [0.1, 0.15) is 43.7 Å². The molecule has 0 bridgehead atoms. The van der Waals surface area contributed by atoms with Crippen molar-refractivity contribution in [2.24, 2.45) is 5.10 Å². The van der Waals surface area contributed by atoms with Gasteiger partial charge in [0.05, 0.1) is 16.3 Å². The van der Waals surface area contributed by atoms with Crippen LogP contribution in [0.25, 0.3) is 0 Å². The van der Waals surface area contributed by atoms with Crippen molar-refractivity contribution in [3.8, 4) is 5.75 Å². The Hall–Kier alpha value is -2.04. The first-order chi connectivity index (χ1) is 12.5. The van der Waals surface area contributed by atoms with E-state index in [4.69, 9.17) is 27.9 Å². The second-order valence-electron chi connectivity index (χ2n) is 5.98. The van der Waals surface area contributed by atoms with E-state index in [-0.39, 0.29) is 12.5 Å². The second kappa shape index (κ2) is 10.2. The number of nitrogens with zero attached hydrogens (tertiary/aromatic N) is 1. The second-order valence-corrected chi connectivity index (χ2v) is 6.79. The lowest BCUT2D eigenvalue weighted by molar-refractivity contribution is -0.123. The molecule has 26 heavy (non-hydrogen) atoms. The maximum absolute atomic E-state index is 11.8. The number of benzene rings is 2. The fourth-order valence-electron chi connectivity index (χ4n) is 2.48. The number of ether oxygens (including phenoxy) is 1. The highest BCUT2D eigenvalue weighted by Crippen LogP contribution is 2.23. The summed E-state index contributed by atoms with van der Waals surface area (Å²) in [5.41, 5.74) is 4.21. The number of hydrogen-bond donors (Lipinski definition) is 1. The number of rotatable bonds is 8. The molecule has 0 radical (unpaired) electrons. The van der Waals surface area contributed by atoms with Crippen molar-refractivity contribution >= 4 is 35.3 Å². The Balaban J connectivity index is 1.82. The molecule has 1 amide bonds. The first-order valence-corrected chi connectivity index (χ1v) is 9.25. The van der Waals surface area contributed by atoms with Crippen LogP contribution in [0, 0.1) is 0 Å². The van der Waals surface area contributed by atoms with Crippen LogP contribution in [0.15, 0.2) is 47.6 Å². The average Bonchev–Trinajstić information content (AvgIpc) is 2.63. The van der Waals surface area contributed by atoms with Crippen molar-refractivity contribution < 1.29 is 9.53 Å². The maximum Gasteiger partial charge on any atom is 0.277 e. The van der Waals surface area contributed by atoms with Crippen LogP contribution >= 0.6 is 23.2 Å². The molecule has 4 nitrogen and oxygen atoms in total. The smallest absolute Gasteiger partial charge is 0.277 e. The van der Waals surface area contributed by atoms with Crippen molar-refractivity contribution in [3.05, 3.63) is 63.6 Å². The lowest BCUT2D eigenvalue weighted by Gasteiger charge is -2.11. The highest BCUT2D eigenvalue weighted by atomic mass is 35.5. The van der Waals surface area contributed by atoms with Crippen LogP contribution in [-0.2, 0) is 4.79 Å². The third-order valence-electron chi connectivity index (χ3n) is 3.92. The highest BCUT2D eigenvalue weighted by Gasteiger charge is 2.06. The normalized spacial score (nSPS) is 12.2. The van der Waals surface area contributed by atoms with Gasteiger partial charge in [-0.1, -0.05) is 61.7 Å². The van der Waals surface area contributed by atoms with E-state index in [1.54, 1.807) is 18.2 Å². The van der Waals surface area contributed by atoms with Crippen LogP contribution in [0.5, 0.6) is 5.75 Å². The summed E-state index contributed by atoms with van der Waals surface area (Å²) < 4.78 is 5.47. The summed E-state index contributed by atoms with van der Waals surface area (Å²) in [6.45, 7) is 4.25. The summed E-state index contributed by atoms with van der Waals surface area (Å²) in [4.78, 5) is 11.8. The molecule has 1 N–H and O–H groups in total. The Kier molecular flexibility index (Phi) is 7.95. The quantitative estimate of drug-likeness (QED) is 0.481. The van der Waals surface area contributed by atoms with Gasteiger partial charge in [0.15, 0.2) is 6.61 Å². The first-order valence-electron chi connectivity index (χ1n) is 8.50. The molecule has 0 heterocycles. The minimum Gasteiger partial charge on any atom is -0.484 e. The first kappa shape index (κ1) is 20.3. The Morgan fingerprint density at radius 1 is 1.19 bits per heavy atom. The molecular formula is C20H22Cl2N2O2. The van der Waals surface area contributed by atoms with E-state index in [0.29, 0.717) is 27.3 Å².